The highest BCUT2D eigenvalue weighted by atomic mass is 127. The second-order valence-corrected chi connectivity index (χ2v) is 7.32. The van der Waals surface area contributed by atoms with Crippen molar-refractivity contribution in [2.45, 2.75) is 52.4 Å². The van der Waals surface area contributed by atoms with E-state index < -0.39 is 0 Å². The number of halogens is 1. The van der Waals surface area contributed by atoms with Gasteiger partial charge in [0.2, 0.25) is 0 Å². The van der Waals surface area contributed by atoms with Gasteiger partial charge in [0.25, 0.3) is 0 Å². The lowest BCUT2D eigenvalue weighted by Gasteiger charge is -2.28. The molecule has 5 nitrogen and oxygen atoms in total. The molecule has 6 heteroatoms. The van der Waals surface area contributed by atoms with Crippen molar-refractivity contribution < 1.29 is 0 Å². The molecule has 3 rings (SSSR count). The van der Waals surface area contributed by atoms with Crippen LogP contribution in [0, 0.1) is 12.3 Å². The third-order valence-corrected chi connectivity index (χ3v) is 5.67. The number of nitrogens with zero attached hydrogens (tertiary/aromatic N) is 3. The second-order valence-electron chi connectivity index (χ2n) is 7.32. The van der Waals surface area contributed by atoms with Crippen LogP contribution in [-0.2, 0) is 6.42 Å². The van der Waals surface area contributed by atoms with Gasteiger partial charge in [-0.1, -0.05) is 25.8 Å². The number of pyridine rings is 1. The van der Waals surface area contributed by atoms with Crippen molar-refractivity contribution >= 4 is 35.6 Å². The van der Waals surface area contributed by atoms with E-state index in [0.717, 1.165) is 36.8 Å². The van der Waals surface area contributed by atoms with Crippen molar-refractivity contribution in [3.8, 4) is 0 Å². The van der Waals surface area contributed by atoms with E-state index >= 15 is 0 Å². The van der Waals surface area contributed by atoms with Gasteiger partial charge in [-0.2, -0.15) is 0 Å². The Labute approximate surface area is 174 Å². The molecule has 1 aliphatic rings. The maximum Gasteiger partial charge on any atom is 0.191 e. The van der Waals surface area contributed by atoms with Crippen LogP contribution in [0.25, 0.3) is 5.65 Å². The Bertz CT molecular complexity index is 731. The predicted molar refractivity (Wildman–Crippen MR) is 120 cm³/mol. The van der Waals surface area contributed by atoms with Gasteiger partial charge in [-0.15, -0.1) is 24.0 Å². The first kappa shape index (κ1) is 21.0. The molecule has 2 heterocycles. The topological polar surface area (TPSA) is 53.7 Å². The van der Waals surface area contributed by atoms with Gasteiger partial charge in [0, 0.05) is 39.0 Å². The monoisotopic (exact) mass is 469 g/mol. The fourth-order valence-corrected chi connectivity index (χ4v) is 3.91. The fourth-order valence-electron chi connectivity index (χ4n) is 3.91. The molecule has 144 valence electrons. The number of hydrogen-bond donors (Lipinski definition) is 2. The third kappa shape index (κ3) is 4.90. The van der Waals surface area contributed by atoms with Crippen molar-refractivity contribution in [1.82, 2.24) is 20.0 Å². The molecule has 1 fully saturated rings. The molecule has 26 heavy (non-hydrogen) atoms. The van der Waals surface area contributed by atoms with Gasteiger partial charge >= 0.3 is 0 Å². The summed E-state index contributed by atoms with van der Waals surface area (Å²) < 4.78 is 2.10. The highest BCUT2D eigenvalue weighted by Gasteiger charge is 2.31. The fraction of sp³-hybridized carbons (Fsp3) is 0.600. The Morgan fingerprint density at radius 2 is 2.08 bits per heavy atom. The zero-order valence-corrected chi connectivity index (χ0v) is 18.5. The molecule has 2 aromatic rings. The van der Waals surface area contributed by atoms with Crippen LogP contribution in [0.15, 0.2) is 29.5 Å². The molecular weight excluding hydrogens is 437 g/mol. The first-order valence-electron chi connectivity index (χ1n) is 9.53. The van der Waals surface area contributed by atoms with Gasteiger partial charge in [0.15, 0.2) is 5.96 Å². The predicted octanol–water partition coefficient (Wildman–Crippen LogP) is 3.94. The molecule has 0 atom stereocenters. The number of aliphatic imine (C=N–C) groups is 1. The summed E-state index contributed by atoms with van der Waals surface area (Å²) in [5.41, 5.74) is 3.83. The van der Waals surface area contributed by atoms with Crippen LogP contribution < -0.4 is 10.6 Å². The minimum atomic E-state index is 0. The summed E-state index contributed by atoms with van der Waals surface area (Å²) in [5, 5.41) is 6.97. The minimum absolute atomic E-state index is 0. The summed E-state index contributed by atoms with van der Waals surface area (Å²) in [6.07, 6.45) is 11.7. The highest BCUT2D eigenvalue weighted by Crippen LogP contribution is 2.40. The van der Waals surface area contributed by atoms with E-state index in [9.17, 15) is 0 Å². The summed E-state index contributed by atoms with van der Waals surface area (Å²) in [5.74, 6) is 0.902. The van der Waals surface area contributed by atoms with Gasteiger partial charge in [0.1, 0.15) is 5.65 Å². The quantitative estimate of drug-likeness (QED) is 0.383. The standard InChI is InChI=1S/C20H31N5.HI/c1-4-20(10-5-6-11-20)15-23-19(21-3)22-12-9-17-14-25-13-7-8-16(2)18(25)24-17;/h7-8,13-14H,4-6,9-12,15H2,1-3H3,(H2,21,22,23);1H. The Balaban J connectivity index is 0.00000243. The van der Waals surface area contributed by atoms with Crippen molar-refractivity contribution in [1.29, 1.82) is 0 Å². The van der Waals surface area contributed by atoms with Crippen molar-refractivity contribution in [2.24, 2.45) is 10.4 Å². The average Bonchev–Trinajstić information content (AvgIpc) is 3.26. The van der Waals surface area contributed by atoms with Gasteiger partial charge in [-0.3, -0.25) is 4.99 Å². The Morgan fingerprint density at radius 3 is 2.73 bits per heavy atom. The summed E-state index contributed by atoms with van der Waals surface area (Å²) in [4.78, 5) is 9.10. The Morgan fingerprint density at radius 1 is 1.31 bits per heavy atom. The number of imidazole rings is 1. The molecule has 0 aliphatic heterocycles. The van der Waals surface area contributed by atoms with E-state index in [0.29, 0.717) is 5.41 Å². The van der Waals surface area contributed by atoms with Gasteiger partial charge < -0.3 is 15.0 Å². The molecule has 0 bridgehead atoms. The van der Waals surface area contributed by atoms with E-state index in [1.807, 2.05) is 7.05 Å². The molecular formula is C20H32IN5. The summed E-state index contributed by atoms with van der Waals surface area (Å²) in [7, 11) is 1.84. The number of fused-ring (bicyclic) bond motifs is 1. The maximum absolute atomic E-state index is 4.73. The summed E-state index contributed by atoms with van der Waals surface area (Å²) in [6, 6.07) is 4.16. The first-order valence-corrected chi connectivity index (χ1v) is 9.53. The van der Waals surface area contributed by atoms with Crippen LogP contribution in [0.3, 0.4) is 0 Å². The molecule has 1 aliphatic carbocycles. The Kier molecular flexibility index (Phi) is 7.73. The Hall–Kier alpha value is -1.31. The largest absolute Gasteiger partial charge is 0.356 e. The van der Waals surface area contributed by atoms with Gasteiger partial charge in [-0.05, 0) is 43.2 Å². The summed E-state index contributed by atoms with van der Waals surface area (Å²) >= 11 is 0. The zero-order chi connectivity index (χ0) is 17.7. The van der Waals surface area contributed by atoms with Crippen LogP contribution >= 0.6 is 24.0 Å². The van der Waals surface area contributed by atoms with Crippen LogP contribution in [0.5, 0.6) is 0 Å². The molecule has 0 spiro atoms. The molecule has 0 unspecified atom stereocenters. The van der Waals surface area contributed by atoms with E-state index in [4.69, 9.17) is 4.98 Å². The SMILES string of the molecule is CCC1(CNC(=NC)NCCc2cn3cccc(C)c3n2)CCCC1.I. The van der Waals surface area contributed by atoms with Crippen molar-refractivity contribution in [3.05, 3.63) is 35.8 Å². The number of aromatic nitrogens is 2. The molecule has 1 saturated carbocycles. The minimum Gasteiger partial charge on any atom is -0.356 e. The number of guanidine groups is 1. The lowest BCUT2D eigenvalue weighted by molar-refractivity contribution is 0.283. The highest BCUT2D eigenvalue weighted by molar-refractivity contribution is 14.0. The number of aryl methyl sites for hydroxylation is 1. The molecule has 0 radical (unpaired) electrons. The summed E-state index contributed by atoms with van der Waals surface area (Å²) in [6.45, 7) is 6.27. The van der Waals surface area contributed by atoms with Crippen LogP contribution in [0.4, 0.5) is 0 Å². The molecule has 0 amide bonds. The number of rotatable bonds is 6. The molecule has 2 N–H and O–H groups in total. The lowest BCUT2D eigenvalue weighted by Crippen LogP contribution is -2.43. The van der Waals surface area contributed by atoms with Gasteiger partial charge in [-0.25, -0.2) is 4.98 Å². The third-order valence-electron chi connectivity index (χ3n) is 5.67. The van der Waals surface area contributed by atoms with Crippen LogP contribution in [0.2, 0.25) is 0 Å². The lowest BCUT2D eigenvalue weighted by atomic mass is 9.83. The molecule has 0 aromatic carbocycles. The van der Waals surface area contributed by atoms with E-state index in [1.165, 1.54) is 37.7 Å². The zero-order valence-electron chi connectivity index (χ0n) is 16.2. The van der Waals surface area contributed by atoms with Gasteiger partial charge in [0.05, 0.1) is 5.69 Å². The second kappa shape index (κ2) is 9.58. The normalized spacial score (nSPS) is 16.5. The van der Waals surface area contributed by atoms with E-state index in [2.05, 4.69) is 58.4 Å². The number of nitrogens with one attached hydrogen (secondary N) is 2. The smallest absolute Gasteiger partial charge is 0.191 e. The van der Waals surface area contributed by atoms with Crippen LogP contribution in [0.1, 0.15) is 50.3 Å². The molecule has 2 aromatic heterocycles. The molecule has 0 saturated heterocycles. The van der Waals surface area contributed by atoms with Crippen molar-refractivity contribution in [3.63, 3.8) is 0 Å². The average molecular weight is 469 g/mol. The maximum atomic E-state index is 4.73. The van der Waals surface area contributed by atoms with Crippen molar-refractivity contribution in [2.75, 3.05) is 20.1 Å². The van der Waals surface area contributed by atoms with E-state index in [-0.39, 0.29) is 24.0 Å². The first-order chi connectivity index (χ1) is 12.2. The van der Waals surface area contributed by atoms with E-state index in [1.54, 1.807) is 0 Å². The van der Waals surface area contributed by atoms with Crippen LogP contribution in [-0.4, -0.2) is 35.5 Å². The number of hydrogen-bond acceptors (Lipinski definition) is 2.